The Bertz CT molecular complexity index is 1480. The minimum atomic E-state index is -1.14. The molecule has 5 saturated carbocycles. The number of esters is 1. The highest BCUT2D eigenvalue weighted by molar-refractivity contribution is 5.81. The third-order valence-electron chi connectivity index (χ3n) is 18.5. The van der Waals surface area contributed by atoms with Gasteiger partial charge in [0.25, 0.3) is 0 Å². The number of amides is 1. The van der Waals surface area contributed by atoms with Crippen LogP contribution in [0.2, 0.25) is 0 Å². The van der Waals surface area contributed by atoms with E-state index in [-0.39, 0.29) is 45.6 Å². The molecule has 7 rings (SSSR count). The molecule has 0 aromatic carbocycles. The van der Waals surface area contributed by atoms with E-state index in [1.54, 1.807) is 13.8 Å². The van der Waals surface area contributed by atoms with Gasteiger partial charge < -0.3 is 19.5 Å². The van der Waals surface area contributed by atoms with Gasteiger partial charge in [-0.3, -0.25) is 19.3 Å². The Labute approximate surface area is 326 Å². The summed E-state index contributed by atoms with van der Waals surface area (Å²) < 4.78 is 11.8. The second-order valence-electron chi connectivity index (χ2n) is 21.7. The molecule has 5 aliphatic carbocycles. The Kier molecular flexibility index (Phi) is 10.6. The number of morpholine rings is 1. The highest BCUT2D eigenvalue weighted by Gasteiger charge is 2.71. The molecule has 1 amide bonds. The van der Waals surface area contributed by atoms with Crippen molar-refractivity contribution in [3.8, 4) is 0 Å². The van der Waals surface area contributed by atoms with Gasteiger partial charge >= 0.3 is 11.9 Å². The standard InChI is InChI=1S/C46H74N2O6/c1-30(2)32-12-19-46(28-37(49)48-22-15-31(16-23-48)47-24-26-53-27-25-47)21-20-44(8)33(39(32)46)10-11-35-43(7)17-14-36(54-38(50)29-41(3,4)40(51)52)42(5,6)34(43)13-18-45(35,44)9/h31-36,39H,1,10-29H2,2-9H3,(H,51,52)/t32-,33+,34-,35+,36-,39+,43-,44+,45+,46+/m0/s1. The van der Waals surface area contributed by atoms with Crippen LogP contribution in [0.25, 0.3) is 0 Å². The summed E-state index contributed by atoms with van der Waals surface area (Å²) in [4.78, 5) is 44.1. The Morgan fingerprint density at radius 3 is 2.15 bits per heavy atom. The molecule has 1 N–H and O–H groups in total. The average Bonchev–Trinajstić information content (AvgIpc) is 3.49. The van der Waals surface area contributed by atoms with E-state index in [0.29, 0.717) is 48.0 Å². The number of piperidine rings is 1. The Morgan fingerprint density at radius 1 is 0.815 bits per heavy atom. The number of aliphatic carboxylic acids is 1. The zero-order valence-corrected chi connectivity index (χ0v) is 35.3. The van der Waals surface area contributed by atoms with Gasteiger partial charge in [0.05, 0.1) is 25.0 Å². The van der Waals surface area contributed by atoms with Gasteiger partial charge in [0.15, 0.2) is 0 Å². The first kappa shape index (κ1) is 40.3. The summed E-state index contributed by atoms with van der Waals surface area (Å²) in [7, 11) is 0. The topological polar surface area (TPSA) is 96.4 Å². The molecule has 2 saturated heterocycles. The van der Waals surface area contributed by atoms with Gasteiger partial charge in [-0.1, -0.05) is 46.8 Å². The van der Waals surface area contributed by atoms with E-state index in [9.17, 15) is 19.5 Å². The van der Waals surface area contributed by atoms with Gasteiger partial charge in [0.2, 0.25) is 5.91 Å². The van der Waals surface area contributed by atoms with Crippen molar-refractivity contribution < 1.29 is 29.0 Å². The number of nitrogens with zero attached hydrogens (tertiary/aromatic N) is 2. The number of ether oxygens (including phenoxy) is 2. The van der Waals surface area contributed by atoms with Crippen molar-refractivity contribution in [1.82, 2.24) is 9.80 Å². The fourth-order valence-corrected chi connectivity index (χ4v) is 15.2. The summed E-state index contributed by atoms with van der Waals surface area (Å²) in [6, 6.07) is 0.582. The molecular weight excluding hydrogens is 677 g/mol. The van der Waals surface area contributed by atoms with E-state index in [1.165, 1.54) is 37.7 Å². The highest BCUT2D eigenvalue weighted by atomic mass is 16.5. The number of allylic oxidation sites excluding steroid dienone is 1. The first-order valence-corrected chi connectivity index (χ1v) is 22.0. The quantitative estimate of drug-likeness (QED) is 0.196. The third-order valence-corrected chi connectivity index (χ3v) is 18.5. The second-order valence-corrected chi connectivity index (χ2v) is 21.7. The predicted octanol–water partition coefficient (Wildman–Crippen LogP) is 8.77. The summed E-state index contributed by atoms with van der Waals surface area (Å²) in [6.07, 6.45) is 13.9. The second kappa shape index (κ2) is 14.2. The van der Waals surface area contributed by atoms with Crippen LogP contribution in [-0.2, 0) is 23.9 Å². The fourth-order valence-electron chi connectivity index (χ4n) is 15.2. The zero-order chi connectivity index (χ0) is 39.1. The number of carbonyl (C=O) groups excluding carboxylic acids is 2. The van der Waals surface area contributed by atoms with Crippen molar-refractivity contribution in [3.05, 3.63) is 12.2 Å². The van der Waals surface area contributed by atoms with Crippen LogP contribution < -0.4 is 0 Å². The van der Waals surface area contributed by atoms with Gasteiger partial charge in [0, 0.05) is 44.1 Å². The minimum Gasteiger partial charge on any atom is -0.481 e. The van der Waals surface area contributed by atoms with Crippen molar-refractivity contribution in [2.75, 3.05) is 39.4 Å². The Hall–Kier alpha value is -1.93. The van der Waals surface area contributed by atoms with Crippen LogP contribution in [0.5, 0.6) is 0 Å². The molecule has 7 fully saturated rings. The highest BCUT2D eigenvalue weighted by Crippen LogP contribution is 2.78. The van der Waals surface area contributed by atoms with Crippen LogP contribution in [0.15, 0.2) is 12.2 Å². The number of carboxylic acids is 1. The Morgan fingerprint density at radius 2 is 1.50 bits per heavy atom. The van der Waals surface area contributed by atoms with Gasteiger partial charge in [-0.25, -0.2) is 0 Å². The Balaban J connectivity index is 1.08. The van der Waals surface area contributed by atoms with Gasteiger partial charge in [-0.2, -0.15) is 0 Å². The monoisotopic (exact) mass is 751 g/mol. The largest absolute Gasteiger partial charge is 0.481 e. The molecule has 54 heavy (non-hydrogen) atoms. The molecule has 0 unspecified atom stereocenters. The SMILES string of the molecule is C=C(C)[C@@H]1CC[C@]2(CC(=O)N3CCC(N4CCOCC4)CC3)CC[C@]3(C)[C@H](CC[C@@H]4[C@@]5(C)CC[C@H](OC(=O)CC(C)(C)C(=O)O)C(C)(C)[C@@H]5CC[C@]43C)[C@@H]12. The lowest BCUT2D eigenvalue weighted by Gasteiger charge is -2.73. The molecule has 8 heteroatoms. The molecule has 304 valence electrons. The van der Waals surface area contributed by atoms with Crippen LogP contribution in [0.4, 0.5) is 0 Å². The molecule has 0 radical (unpaired) electrons. The first-order chi connectivity index (χ1) is 25.3. The van der Waals surface area contributed by atoms with Crippen molar-refractivity contribution >= 4 is 17.8 Å². The molecule has 0 bridgehead atoms. The van der Waals surface area contributed by atoms with E-state index in [1.807, 2.05) is 0 Å². The maximum Gasteiger partial charge on any atom is 0.309 e. The predicted molar refractivity (Wildman–Crippen MR) is 211 cm³/mol. The number of carbonyl (C=O) groups is 3. The molecular formula is C46H74N2O6. The number of rotatable bonds is 8. The van der Waals surface area contributed by atoms with Crippen molar-refractivity contribution in [2.45, 2.75) is 157 Å². The number of hydrogen-bond acceptors (Lipinski definition) is 6. The lowest BCUT2D eigenvalue weighted by molar-refractivity contribution is -0.250. The van der Waals surface area contributed by atoms with Crippen LogP contribution in [0, 0.1) is 62.1 Å². The average molecular weight is 751 g/mol. The van der Waals surface area contributed by atoms with E-state index < -0.39 is 11.4 Å². The molecule has 0 aromatic rings. The summed E-state index contributed by atoms with van der Waals surface area (Å²) >= 11 is 0. The smallest absolute Gasteiger partial charge is 0.309 e. The van der Waals surface area contributed by atoms with E-state index in [0.717, 1.165) is 84.3 Å². The molecule has 2 heterocycles. The van der Waals surface area contributed by atoms with E-state index in [2.05, 4.69) is 57.9 Å². The molecule has 10 atom stereocenters. The summed E-state index contributed by atoms with van der Waals surface area (Å²) in [5.41, 5.74) is 0.625. The third kappa shape index (κ3) is 6.42. The molecule has 0 spiro atoms. The lowest BCUT2D eigenvalue weighted by Crippen LogP contribution is -2.67. The van der Waals surface area contributed by atoms with Crippen molar-refractivity contribution in [2.24, 2.45) is 62.1 Å². The summed E-state index contributed by atoms with van der Waals surface area (Å²) in [5.74, 6) is 1.70. The van der Waals surface area contributed by atoms with E-state index >= 15 is 0 Å². The number of hydrogen-bond donors (Lipinski definition) is 1. The molecule has 0 aromatic heterocycles. The van der Waals surface area contributed by atoms with Crippen LogP contribution >= 0.6 is 0 Å². The van der Waals surface area contributed by atoms with Crippen molar-refractivity contribution in [3.63, 3.8) is 0 Å². The molecule has 7 aliphatic rings. The minimum absolute atomic E-state index is 0.0787. The van der Waals surface area contributed by atoms with Gasteiger partial charge in [-0.15, -0.1) is 0 Å². The lowest BCUT2D eigenvalue weighted by atomic mass is 9.32. The van der Waals surface area contributed by atoms with Gasteiger partial charge in [0.1, 0.15) is 6.10 Å². The van der Waals surface area contributed by atoms with Crippen molar-refractivity contribution in [1.29, 1.82) is 0 Å². The first-order valence-electron chi connectivity index (χ1n) is 22.0. The zero-order valence-electron chi connectivity index (χ0n) is 35.3. The summed E-state index contributed by atoms with van der Waals surface area (Å²) in [6.45, 7) is 28.1. The maximum absolute atomic E-state index is 14.4. The summed E-state index contributed by atoms with van der Waals surface area (Å²) in [5, 5.41) is 9.64. The maximum atomic E-state index is 14.4. The molecule has 8 nitrogen and oxygen atoms in total. The number of likely N-dealkylation sites (tertiary alicyclic amines) is 1. The van der Waals surface area contributed by atoms with Gasteiger partial charge in [-0.05, 0) is 149 Å². The fraction of sp³-hybridized carbons (Fsp3) is 0.891. The number of carboxylic acid groups (broad SMARTS) is 1. The van der Waals surface area contributed by atoms with E-state index in [4.69, 9.17) is 9.47 Å². The van der Waals surface area contributed by atoms with Crippen LogP contribution in [0.1, 0.15) is 145 Å². The van der Waals surface area contributed by atoms with Crippen LogP contribution in [0.3, 0.4) is 0 Å². The number of fused-ring (bicyclic) bond motifs is 7. The van der Waals surface area contributed by atoms with Crippen LogP contribution in [-0.4, -0.2) is 84.3 Å². The normalized spacial score (nSPS) is 42.6. The molecule has 2 aliphatic heterocycles.